The quantitative estimate of drug-likeness (QED) is 0.112. The van der Waals surface area contributed by atoms with Gasteiger partial charge in [0.1, 0.15) is 0 Å². The van der Waals surface area contributed by atoms with E-state index in [4.69, 9.17) is 0 Å². The Balaban J connectivity index is 1.28. The fourth-order valence-electron chi connectivity index (χ4n) is 10.3. The number of fused-ring (bicyclic) bond motifs is 17. The first-order valence-corrected chi connectivity index (χ1v) is 19.2. The molecule has 0 unspecified atom stereocenters. The minimum Gasteiger partial charge on any atom is -0.310 e. The van der Waals surface area contributed by atoms with Crippen LogP contribution in [-0.4, -0.2) is 15.8 Å². The Hall–Kier alpha value is -5.80. The van der Waals surface area contributed by atoms with Gasteiger partial charge in [0.2, 0.25) is 0 Å². The predicted octanol–water partition coefficient (Wildman–Crippen LogP) is 11.1. The van der Waals surface area contributed by atoms with Crippen LogP contribution in [0, 0.1) is 0 Å². The van der Waals surface area contributed by atoms with Crippen molar-refractivity contribution < 1.29 is 0 Å². The zero-order valence-electron chi connectivity index (χ0n) is 31.1. The van der Waals surface area contributed by atoms with E-state index in [0.29, 0.717) is 0 Å². The van der Waals surface area contributed by atoms with Gasteiger partial charge in [-0.3, -0.25) is 0 Å². The van der Waals surface area contributed by atoms with Crippen molar-refractivity contribution in [2.75, 3.05) is 0 Å². The van der Waals surface area contributed by atoms with Crippen LogP contribution < -0.4 is 16.4 Å². The van der Waals surface area contributed by atoms with E-state index < -0.39 is 0 Å². The summed E-state index contributed by atoms with van der Waals surface area (Å²) in [5.74, 6) is 0. The first kappa shape index (κ1) is 29.7. The molecule has 12 rings (SSSR count). The van der Waals surface area contributed by atoms with E-state index in [1.54, 1.807) is 0 Å². The maximum absolute atomic E-state index is 2.61. The highest BCUT2D eigenvalue weighted by Crippen LogP contribution is 2.45. The second kappa shape index (κ2) is 9.59. The normalized spacial score (nSPS) is 13.8. The van der Waals surface area contributed by atoms with E-state index in [0.717, 1.165) is 0 Å². The molecule has 0 N–H and O–H groups in total. The van der Waals surface area contributed by atoms with Crippen molar-refractivity contribution in [1.82, 2.24) is 9.13 Å². The average Bonchev–Trinajstić information content (AvgIpc) is 3.68. The van der Waals surface area contributed by atoms with Crippen LogP contribution in [0.15, 0.2) is 127 Å². The molecule has 53 heavy (non-hydrogen) atoms. The molecule has 0 amide bonds. The molecule has 0 bridgehead atoms. The van der Waals surface area contributed by atoms with E-state index in [2.05, 4.69) is 178 Å². The fourth-order valence-corrected chi connectivity index (χ4v) is 10.3. The summed E-state index contributed by atoms with van der Waals surface area (Å²) in [6.07, 6.45) is 0. The molecule has 0 spiro atoms. The summed E-state index contributed by atoms with van der Waals surface area (Å²) in [5, 5.41) is 13.4. The average molecular weight is 679 g/mol. The van der Waals surface area contributed by atoms with Gasteiger partial charge in [-0.1, -0.05) is 133 Å². The lowest BCUT2D eigenvalue weighted by Gasteiger charge is -2.34. The van der Waals surface area contributed by atoms with Crippen molar-refractivity contribution in [3.63, 3.8) is 0 Å². The summed E-state index contributed by atoms with van der Waals surface area (Å²) in [6, 6.07) is 49.2. The van der Waals surface area contributed by atoms with Gasteiger partial charge in [-0.2, -0.15) is 0 Å². The molecule has 252 valence electrons. The van der Waals surface area contributed by atoms with Gasteiger partial charge in [-0.05, 0) is 102 Å². The first-order valence-electron chi connectivity index (χ1n) is 19.2. The molecular formula is C50H39BN2. The van der Waals surface area contributed by atoms with Crippen LogP contribution in [0.4, 0.5) is 0 Å². The number of aromatic nitrogens is 2. The smallest absolute Gasteiger partial charge is 0.252 e. The van der Waals surface area contributed by atoms with Crippen molar-refractivity contribution in [3.05, 3.63) is 139 Å². The Labute approximate surface area is 309 Å². The summed E-state index contributed by atoms with van der Waals surface area (Å²) < 4.78 is 5.21. The highest BCUT2D eigenvalue weighted by molar-refractivity contribution is 7.00. The summed E-state index contributed by atoms with van der Waals surface area (Å²) in [7, 11) is 0. The van der Waals surface area contributed by atoms with Crippen LogP contribution in [0.1, 0.15) is 52.7 Å². The van der Waals surface area contributed by atoms with Gasteiger partial charge in [-0.25, -0.2) is 0 Å². The number of hydrogen-bond acceptors (Lipinski definition) is 0. The molecule has 0 aliphatic carbocycles. The van der Waals surface area contributed by atoms with Crippen LogP contribution >= 0.6 is 0 Å². The topological polar surface area (TPSA) is 9.86 Å². The molecule has 0 fully saturated rings. The van der Waals surface area contributed by atoms with Crippen molar-refractivity contribution in [3.8, 4) is 11.4 Å². The Morgan fingerprint density at radius 3 is 1.64 bits per heavy atom. The Kier molecular flexibility index (Phi) is 5.38. The van der Waals surface area contributed by atoms with E-state index in [9.17, 15) is 0 Å². The monoisotopic (exact) mass is 678 g/mol. The third-order valence-electron chi connectivity index (χ3n) is 12.8. The maximum atomic E-state index is 2.61. The number of benzene rings is 8. The second-order valence-corrected chi connectivity index (χ2v) is 17.7. The summed E-state index contributed by atoms with van der Waals surface area (Å²) in [6.45, 7) is 14.2. The fraction of sp³-hybridized carbons (Fsp3) is 0.160. The van der Waals surface area contributed by atoms with Gasteiger partial charge in [0.05, 0.1) is 11.0 Å². The van der Waals surface area contributed by atoms with Crippen molar-refractivity contribution in [2.24, 2.45) is 0 Å². The number of rotatable bonds is 0. The van der Waals surface area contributed by atoms with Crippen molar-refractivity contribution in [1.29, 1.82) is 0 Å². The van der Waals surface area contributed by atoms with E-state index in [1.807, 2.05) is 0 Å². The molecule has 0 saturated carbocycles. The summed E-state index contributed by atoms with van der Waals surface area (Å²) in [4.78, 5) is 0. The third kappa shape index (κ3) is 3.61. The maximum Gasteiger partial charge on any atom is 0.252 e. The van der Waals surface area contributed by atoms with E-state index in [-0.39, 0.29) is 17.5 Å². The molecule has 0 atom stereocenters. The molecule has 4 heterocycles. The molecule has 8 aromatic carbocycles. The third-order valence-corrected chi connectivity index (χ3v) is 12.8. The Morgan fingerprint density at radius 2 is 0.943 bits per heavy atom. The summed E-state index contributed by atoms with van der Waals surface area (Å²) in [5.41, 5.74) is 14.9. The lowest BCUT2D eigenvalue weighted by molar-refractivity contribution is 0.590. The van der Waals surface area contributed by atoms with Gasteiger partial charge in [0, 0.05) is 49.3 Å². The zero-order chi connectivity index (χ0) is 35.7. The van der Waals surface area contributed by atoms with Crippen LogP contribution in [-0.2, 0) is 10.8 Å². The van der Waals surface area contributed by atoms with Gasteiger partial charge >= 0.3 is 0 Å². The first-order chi connectivity index (χ1) is 25.6. The Bertz CT molecular complexity index is 3270. The van der Waals surface area contributed by atoms with Crippen molar-refractivity contribution in [2.45, 2.75) is 52.4 Å². The lowest BCUT2D eigenvalue weighted by Crippen LogP contribution is -2.59. The van der Waals surface area contributed by atoms with E-state index in [1.165, 1.54) is 115 Å². The summed E-state index contributed by atoms with van der Waals surface area (Å²) >= 11 is 0. The van der Waals surface area contributed by atoms with Gasteiger partial charge in [0.15, 0.2) is 0 Å². The molecule has 10 aromatic rings. The molecule has 2 aliphatic rings. The van der Waals surface area contributed by atoms with Crippen LogP contribution in [0.5, 0.6) is 0 Å². The molecular weight excluding hydrogens is 639 g/mol. The minimum atomic E-state index is -0.00113. The SMILES string of the molecule is CC(C)(C)c1ccc2c(c1)c1cc(C(C)(C)C)cc3c1n2-c1cccc2c1B3c1cccc3c4c5c6ccccc6c6ccccc6c5ccc4n-2c13. The highest BCUT2D eigenvalue weighted by atomic mass is 15.0. The molecule has 2 aliphatic heterocycles. The van der Waals surface area contributed by atoms with Crippen molar-refractivity contribution >= 4 is 99.0 Å². The van der Waals surface area contributed by atoms with Gasteiger partial charge in [-0.15, -0.1) is 0 Å². The van der Waals surface area contributed by atoms with Gasteiger partial charge in [0.25, 0.3) is 6.71 Å². The standard InChI is InChI=1S/C50H39BN2/c1-49(2,3)28-21-23-40-36(25-28)37-26-29(50(4,5)6)27-39-48(37)52(40)42-19-12-20-43-46(42)51(39)38-18-11-17-35-45-41(53(43)47(35)38)24-22-34-32-15-8-7-13-30(32)31-14-9-10-16-33(31)44(34)45/h7-27H,1-6H3. The number of nitrogens with zero attached hydrogens (tertiary/aromatic N) is 2. The van der Waals surface area contributed by atoms with E-state index >= 15 is 0 Å². The molecule has 0 saturated heterocycles. The van der Waals surface area contributed by atoms with Crippen LogP contribution in [0.2, 0.25) is 0 Å². The lowest BCUT2D eigenvalue weighted by atomic mass is 9.34. The number of hydrogen-bond donors (Lipinski definition) is 0. The molecule has 2 nitrogen and oxygen atoms in total. The second-order valence-electron chi connectivity index (χ2n) is 17.7. The largest absolute Gasteiger partial charge is 0.310 e. The molecule has 3 heteroatoms. The van der Waals surface area contributed by atoms with Crippen LogP contribution in [0.3, 0.4) is 0 Å². The van der Waals surface area contributed by atoms with Crippen LogP contribution in [0.25, 0.3) is 87.3 Å². The van der Waals surface area contributed by atoms with Gasteiger partial charge < -0.3 is 9.13 Å². The Morgan fingerprint density at radius 1 is 0.396 bits per heavy atom. The predicted molar refractivity (Wildman–Crippen MR) is 230 cm³/mol. The molecule has 0 radical (unpaired) electrons. The minimum absolute atomic E-state index is 0.00113. The molecule has 2 aromatic heterocycles. The zero-order valence-corrected chi connectivity index (χ0v) is 31.1. The highest BCUT2D eigenvalue weighted by Gasteiger charge is 2.41. The number of para-hydroxylation sites is 1.